The van der Waals surface area contributed by atoms with Gasteiger partial charge in [-0.05, 0) is 44.2 Å². The van der Waals surface area contributed by atoms with Crippen LogP contribution in [-0.4, -0.2) is 25.5 Å². The van der Waals surface area contributed by atoms with E-state index in [1.165, 1.54) is 6.26 Å². The minimum absolute atomic E-state index is 0.0363. The molecule has 1 aliphatic heterocycles. The second-order valence-electron chi connectivity index (χ2n) is 6.15. The molecular formula is C17H18N2O4. The molecule has 120 valence electrons. The Balaban J connectivity index is 1.89. The molecule has 6 nitrogen and oxygen atoms in total. The molecule has 2 amide bonds. The summed E-state index contributed by atoms with van der Waals surface area (Å²) in [6, 6.07) is 8.43. The standard InChI is InChI=1S/C17H18N2O4/c1-17(2)10-23-13-7-6-11(9-12(13)19(3)16(17)21)18-15(20)14-5-4-8-22-14/h4-9H,10H2,1-3H3,(H,18,20). The van der Waals surface area contributed by atoms with E-state index in [-0.39, 0.29) is 17.6 Å². The summed E-state index contributed by atoms with van der Waals surface area (Å²) >= 11 is 0. The number of rotatable bonds is 2. The van der Waals surface area contributed by atoms with Crippen molar-refractivity contribution in [3.05, 3.63) is 42.4 Å². The Labute approximate surface area is 134 Å². The number of hydrogen-bond acceptors (Lipinski definition) is 4. The van der Waals surface area contributed by atoms with E-state index in [0.29, 0.717) is 23.7 Å². The number of furan rings is 1. The van der Waals surface area contributed by atoms with Gasteiger partial charge in [-0.1, -0.05) is 0 Å². The van der Waals surface area contributed by atoms with Gasteiger partial charge in [0.05, 0.1) is 17.4 Å². The van der Waals surface area contributed by atoms with Crippen LogP contribution in [0.5, 0.6) is 5.75 Å². The number of fused-ring (bicyclic) bond motifs is 1. The lowest BCUT2D eigenvalue weighted by Crippen LogP contribution is -2.39. The van der Waals surface area contributed by atoms with Gasteiger partial charge >= 0.3 is 0 Å². The van der Waals surface area contributed by atoms with Crippen LogP contribution in [0.25, 0.3) is 0 Å². The van der Waals surface area contributed by atoms with Gasteiger partial charge in [-0.2, -0.15) is 0 Å². The first-order valence-electron chi connectivity index (χ1n) is 7.28. The van der Waals surface area contributed by atoms with Crippen LogP contribution in [-0.2, 0) is 4.79 Å². The predicted octanol–water partition coefficient (Wildman–Crippen LogP) is 2.91. The number of ether oxygens (including phenoxy) is 1. The molecule has 0 atom stereocenters. The molecule has 1 aromatic heterocycles. The molecule has 0 fully saturated rings. The highest BCUT2D eigenvalue weighted by Crippen LogP contribution is 2.37. The molecule has 2 heterocycles. The molecule has 2 aromatic rings. The summed E-state index contributed by atoms with van der Waals surface area (Å²) < 4.78 is 10.8. The van der Waals surface area contributed by atoms with Crippen LogP contribution in [0, 0.1) is 5.41 Å². The molecule has 1 aliphatic rings. The lowest BCUT2D eigenvalue weighted by Gasteiger charge is -2.24. The second kappa shape index (κ2) is 5.46. The maximum Gasteiger partial charge on any atom is 0.291 e. The van der Waals surface area contributed by atoms with Gasteiger partial charge in [-0.25, -0.2) is 0 Å². The quantitative estimate of drug-likeness (QED) is 0.925. The monoisotopic (exact) mass is 314 g/mol. The fraction of sp³-hybridized carbons (Fsp3) is 0.294. The van der Waals surface area contributed by atoms with E-state index in [9.17, 15) is 9.59 Å². The minimum atomic E-state index is -0.606. The van der Waals surface area contributed by atoms with Gasteiger partial charge in [-0.15, -0.1) is 0 Å². The van der Waals surface area contributed by atoms with Crippen molar-refractivity contribution in [1.82, 2.24) is 0 Å². The zero-order valence-corrected chi connectivity index (χ0v) is 13.3. The number of nitrogens with one attached hydrogen (secondary N) is 1. The van der Waals surface area contributed by atoms with Gasteiger partial charge in [0, 0.05) is 12.7 Å². The van der Waals surface area contributed by atoms with Crippen molar-refractivity contribution in [2.75, 3.05) is 23.9 Å². The van der Waals surface area contributed by atoms with Gasteiger partial charge in [0.25, 0.3) is 5.91 Å². The first-order chi connectivity index (χ1) is 10.9. The number of hydrogen-bond donors (Lipinski definition) is 1. The summed E-state index contributed by atoms with van der Waals surface area (Å²) in [6.45, 7) is 4.00. The van der Waals surface area contributed by atoms with Crippen LogP contribution in [0.2, 0.25) is 0 Å². The molecule has 23 heavy (non-hydrogen) atoms. The zero-order chi connectivity index (χ0) is 16.6. The predicted molar refractivity (Wildman–Crippen MR) is 85.8 cm³/mol. The Morgan fingerprint density at radius 1 is 1.30 bits per heavy atom. The van der Waals surface area contributed by atoms with Gasteiger partial charge < -0.3 is 19.4 Å². The maximum absolute atomic E-state index is 12.5. The van der Waals surface area contributed by atoms with Crippen molar-refractivity contribution in [3.63, 3.8) is 0 Å². The van der Waals surface area contributed by atoms with E-state index < -0.39 is 5.41 Å². The summed E-state index contributed by atoms with van der Waals surface area (Å²) in [5.74, 6) is 0.453. The third-order valence-electron chi connectivity index (χ3n) is 3.80. The molecule has 0 aliphatic carbocycles. The summed E-state index contributed by atoms with van der Waals surface area (Å²) in [5, 5.41) is 2.74. The fourth-order valence-corrected chi connectivity index (χ4v) is 2.46. The molecule has 6 heteroatoms. The molecule has 1 aromatic carbocycles. The van der Waals surface area contributed by atoms with Gasteiger partial charge in [0.2, 0.25) is 5.91 Å². The molecule has 0 saturated heterocycles. The highest BCUT2D eigenvalue weighted by Gasteiger charge is 2.36. The van der Waals surface area contributed by atoms with Crippen molar-refractivity contribution < 1.29 is 18.7 Å². The molecule has 0 unspecified atom stereocenters. The molecular weight excluding hydrogens is 296 g/mol. The number of nitrogens with zero attached hydrogens (tertiary/aromatic N) is 1. The number of amides is 2. The number of carbonyl (C=O) groups excluding carboxylic acids is 2. The minimum Gasteiger partial charge on any atom is -0.490 e. The van der Waals surface area contributed by atoms with E-state index >= 15 is 0 Å². The van der Waals surface area contributed by atoms with E-state index in [4.69, 9.17) is 9.15 Å². The van der Waals surface area contributed by atoms with Crippen LogP contribution in [0.15, 0.2) is 41.0 Å². The Bertz CT molecular complexity index is 750. The van der Waals surface area contributed by atoms with Crippen LogP contribution in [0.1, 0.15) is 24.4 Å². The zero-order valence-electron chi connectivity index (χ0n) is 13.3. The van der Waals surface area contributed by atoms with E-state index in [0.717, 1.165) is 0 Å². The first kappa shape index (κ1) is 15.1. The maximum atomic E-state index is 12.5. The van der Waals surface area contributed by atoms with Gasteiger partial charge in [0.1, 0.15) is 12.4 Å². The Hall–Kier alpha value is -2.76. The van der Waals surface area contributed by atoms with Crippen molar-refractivity contribution in [3.8, 4) is 5.75 Å². The van der Waals surface area contributed by atoms with Crippen molar-refractivity contribution >= 4 is 23.2 Å². The molecule has 3 rings (SSSR count). The van der Waals surface area contributed by atoms with Crippen molar-refractivity contribution in [1.29, 1.82) is 0 Å². The Morgan fingerprint density at radius 3 is 2.78 bits per heavy atom. The van der Waals surface area contributed by atoms with Crippen LogP contribution in [0.3, 0.4) is 0 Å². The summed E-state index contributed by atoms with van der Waals surface area (Å²) in [4.78, 5) is 26.1. The first-order valence-corrected chi connectivity index (χ1v) is 7.28. The normalized spacial score (nSPS) is 16.3. The van der Waals surface area contributed by atoms with E-state index in [1.807, 2.05) is 13.8 Å². The number of carbonyl (C=O) groups is 2. The Kier molecular flexibility index (Phi) is 3.60. The van der Waals surface area contributed by atoms with Gasteiger partial charge in [-0.3, -0.25) is 9.59 Å². The SMILES string of the molecule is CN1C(=O)C(C)(C)COc2ccc(NC(=O)c3ccco3)cc21. The summed E-state index contributed by atoms with van der Waals surface area (Å²) in [5.41, 5.74) is 0.580. The van der Waals surface area contributed by atoms with E-state index in [1.54, 1.807) is 42.3 Å². The van der Waals surface area contributed by atoms with Crippen molar-refractivity contribution in [2.24, 2.45) is 5.41 Å². The van der Waals surface area contributed by atoms with Crippen LogP contribution in [0.4, 0.5) is 11.4 Å². The molecule has 0 saturated carbocycles. The molecule has 0 spiro atoms. The summed E-state index contributed by atoms with van der Waals surface area (Å²) in [6.07, 6.45) is 1.44. The fourth-order valence-electron chi connectivity index (χ4n) is 2.46. The highest BCUT2D eigenvalue weighted by molar-refractivity contribution is 6.04. The lowest BCUT2D eigenvalue weighted by atomic mass is 9.93. The Morgan fingerprint density at radius 2 is 2.09 bits per heavy atom. The largest absolute Gasteiger partial charge is 0.490 e. The average molecular weight is 314 g/mol. The molecule has 0 bridgehead atoms. The lowest BCUT2D eigenvalue weighted by molar-refractivity contribution is -0.127. The second-order valence-corrected chi connectivity index (χ2v) is 6.15. The third-order valence-corrected chi connectivity index (χ3v) is 3.80. The van der Waals surface area contributed by atoms with Gasteiger partial charge in [0.15, 0.2) is 5.76 Å². The third kappa shape index (κ3) is 2.79. The smallest absolute Gasteiger partial charge is 0.291 e. The highest BCUT2D eigenvalue weighted by atomic mass is 16.5. The molecule has 0 radical (unpaired) electrons. The van der Waals surface area contributed by atoms with Crippen LogP contribution >= 0.6 is 0 Å². The molecule has 1 N–H and O–H groups in total. The van der Waals surface area contributed by atoms with Crippen LogP contribution < -0.4 is 15.0 Å². The average Bonchev–Trinajstić information content (AvgIpc) is 3.04. The number of benzene rings is 1. The van der Waals surface area contributed by atoms with Crippen molar-refractivity contribution in [2.45, 2.75) is 13.8 Å². The topological polar surface area (TPSA) is 71.8 Å². The van der Waals surface area contributed by atoms with E-state index in [2.05, 4.69) is 5.32 Å². The summed E-state index contributed by atoms with van der Waals surface area (Å²) in [7, 11) is 1.70. The number of anilines is 2.